The van der Waals surface area contributed by atoms with Gasteiger partial charge in [-0.2, -0.15) is 0 Å². The number of carbonyl (C=O) groups is 1. The molecule has 0 aliphatic carbocycles. The quantitative estimate of drug-likeness (QED) is 0.777. The van der Waals surface area contributed by atoms with E-state index in [-0.39, 0.29) is 16.5 Å². The molecule has 6 nitrogen and oxygen atoms in total. The molecule has 0 fully saturated rings. The summed E-state index contributed by atoms with van der Waals surface area (Å²) in [6.45, 7) is 1.57. The number of carbonyl (C=O) groups excluding carboxylic acids is 1. The Kier molecular flexibility index (Phi) is 5.59. The third kappa shape index (κ3) is 4.95. The second-order valence-corrected chi connectivity index (χ2v) is 6.75. The Balaban J connectivity index is 1.90. The highest BCUT2D eigenvalue weighted by atomic mass is 35.5. The van der Waals surface area contributed by atoms with Gasteiger partial charge < -0.3 is 4.74 Å². The van der Waals surface area contributed by atoms with Crippen molar-refractivity contribution in [1.82, 2.24) is 10.3 Å². The average Bonchev–Trinajstić information content (AvgIpc) is 2.51. The topological polar surface area (TPSA) is 84.5 Å². The van der Waals surface area contributed by atoms with Gasteiger partial charge in [-0.05, 0) is 36.8 Å². The van der Waals surface area contributed by atoms with Crippen molar-refractivity contribution in [1.29, 1.82) is 0 Å². The summed E-state index contributed by atoms with van der Waals surface area (Å²) in [5.41, 5.74) is 3.06. The molecule has 2 aromatic carbocycles. The molecule has 1 amide bonds. The molecule has 0 bridgehead atoms. The van der Waals surface area contributed by atoms with Crippen LogP contribution in [0.2, 0.25) is 5.02 Å². The molecular formula is C15H15ClN2O4S. The second kappa shape index (κ2) is 7.45. The number of ether oxygens (including phenoxy) is 1. The Bertz CT molecular complexity index is 809. The molecule has 0 aliphatic rings. The van der Waals surface area contributed by atoms with Crippen LogP contribution < -0.4 is 15.0 Å². The highest BCUT2D eigenvalue weighted by Gasteiger charge is 2.18. The lowest BCUT2D eigenvalue weighted by molar-refractivity contribution is -0.123. The van der Waals surface area contributed by atoms with Gasteiger partial charge in [0.2, 0.25) is 0 Å². The minimum atomic E-state index is -3.95. The molecule has 0 aromatic heterocycles. The summed E-state index contributed by atoms with van der Waals surface area (Å²) >= 11 is 5.82. The molecule has 0 saturated carbocycles. The molecule has 0 heterocycles. The maximum atomic E-state index is 12.0. The molecule has 2 rings (SSSR count). The van der Waals surface area contributed by atoms with Gasteiger partial charge in [0.15, 0.2) is 6.61 Å². The first-order valence-electron chi connectivity index (χ1n) is 6.63. The van der Waals surface area contributed by atoms with Gasteiger partial charge in [0.05, 0.1) is 5.02 Å². The largest absolute Gasteiger partial charge is 0.484 e. The zero-order chi connectivity index (χ0) is 16.9. The van der Waals surface area contributed by atoms with Crippen molar-refractivity contribution in [3.8, 4) is 5.75 Å². The van der Waals surface area contributed by atoms with Crippen LogP contribution in [0, 0.1) is 6.92 Å². The fraction of sp³-hybridized carbons (Fsp3) is 0.133. The molecule has 8 heteroatoms. The van der Waals surface area contributed by atoms with Gasteiger partial charge in [-0.1, -0.05) is 35.9 Å². The predicted molar refractivity (Wildman–Crippen MR) is 86.6 cm³/mol. The van der Waals surface area contributed by atoms with Crippen molar-refractivity contribution in [3.63, 3.8) is 0 Å². The van der Waals surface area contributed by atoms with Gasteiger partial charge in [-0.15, -0.1) is 4.83 Å². The number of benzene rings is 2. The number of hydrogen-bond donors (Lipinski definition) is 2. The van der Waals surface area contributed by atoms with Crippen molar-refractivity contribution in [2.45, 2.75) is 11.8 Å². The Morgan fingerprint density at radius 3 is 2.61 bits per heavy atom. The van der Waals surface area contributed by atoms with Crippen LogP contribution in [0.4, 0.5) is 0 Å². The molecular weight excluding hydrogens is 340 g/mol. The van der Waals surface area contributed by atoms with Crippen LogP contribution in [0.15, 0.2) is 53.4 Å². The van der Waals surface area contributed by atoms with Crippen LogP contribution in [-0.4, -0.2) is 20.9 Å². The number of hydrazine groups is 1. The molecule has 0 unspecified atom stereocenters. The molecule has 0 saturated heterocycles. The van der Waals surface area contributed by atoms with Gasteiger partial charge in [0.1, 0.15) is 10.6 Å². The Labute approximate surface area is 139 Å². The number of hydrogen-bond acceptors (Lipinski definition) is 4. The van der Waals surface area contributed by atoms with Crippen LogP contribution in [-0.2, 0) is 14.8 Å². The van der Waals surface area contributed by atoms with Crippen LogP contribution in [0.5, 0.6) is 5.75 Å². The van der Waals surface area contributed by atoms with E-state index < -0.39 is 15.9 Å². The van der Waals surface area contributed by atoms with Gasteiger partial charge in [-0.25, -0.2) is 8.42 Å². The third-order valence-electron chi connectivity index (χ3n) is 2.81. The SMILES string of the molecule is Cc1cccc(OCC(=O)NNS(=O)(=O)c2ccccc2Cl)c1. The number of aryl methyl sites for hydroxylation is 1. The van der Waals surface area contributed by atoms with Crippen LogP contribution >= 0.6 is 11.6 Å². The molecule has 0 atom stereocenters. The lowest BCUT2D eigenvalue weighted by Crippen LogP contribution is -2.43. The van der Waals surface area contributed by atoms with Gasteiger partial charge in [0, 0.05) is 0 Å². The lowest BCUT2D eigenvalue weighted by atomic mass is 10.2. The van der Waals surface area contributed by atoms with Gasteiger partial charge in [-0.3, -0.25) is 10.2 Å². The predicted octanol–water partition coefficient (Wildman–Crippen LogP) is 2.04. The number of sulfonamides is 1. The Hall–Kier alpha value is -2.09. The standard InChI is InChI=1S/C15H15ClN2O4S/c1-11-5-4-6-12(9-11)22-10-15(19)17-18-23(20,21)14-8-3-2-7-13(14)16/h2-9,18H,10H2,1H3,(H,17,19). The summed E-state index contributed by atoms with van der Waals surface area (Å²) in [5, 5.41) is 0.0604. The van der Waals surface area contributed by atoms with Gasteiger partial charge >= 0.3 is 0 Å². The zero-order valence-electron chi connectivity index (χ0n) is 12.2. The first-order chi connectivity index (χ1) is 10.9. The monoisotopic (exact) mass is 354 g/mol. The molecule has 0 spiro atoms. The summed E-state index contributed by atoms with van der Waals surface area (Å²) in [5.74, 6) is -0.115. The minimum absolute atomic E-state index is 0.0604. The van der Waals surface area contributed by atoms with Crippen LogP contribution in [0.25, 0.3) is 0 Å². The molecule has 0 aliphatic heterocycles. The van der Waals surface area contributed by atoms with Crippen molar-refractivity contribution >= 4 is 27.5 Å². The molecule has 0 radical (unpaired) electrons. The first kappa shape index (κ1) is 17.3. The number of rotatable bonds is 6. The summed E-state index contributed by atoms with van der Waals surface area (Å²) in [6.07, 6.45) is 0. The first-order valence-corrected chi connectivity index (χ1v) is 8.49. The number of nitrogens with one attached hydrogen (secondary N) is 2. The van der Waals surface area contributed by atoms with E-state index in [9.17, 15) is 13.2 Å². The highest BCUT2D eigenvalue weighted by Crippen LogP contribution is 2.19. The zero-order valence-corrected chi connectivity index (χ0v) is 13.8. The maximum absolute atomic E-state index is 12.0. The van der Waals surface area contributed by atoms with E-state index in [1.54, 1.807) is 24.3 Å². The Morgan fingerprint density at radius 2 is 1.91 bits per heavy atom. The molecule has 122 valence electrons. The van der Waals surface area contributed by atoms with Crippen LogP contribution in [0.1, 0.15) is 5.56 Å². The summed E-state index contributed by atoms with van der Waals surface area (Å²) in [7, 11) is -3.95. The van der Waals surface area contributed by atoms with E-state index >= 15 is 0 Å². The smallest absolute Gasteiger partial charge is 0.272 e. The van der Waals surface area contributed by atoms with Gasteiger partial charge in [0.25, 0.3) is 15.9 Å². The van der Waals surface area contributed by atoms with E-state index in [0.29, 0.717) is 5.75 Å². The van der Waals surface area contributed by atoms with Crippen molar-refractivity contribution < 1.29 is 17.9 Å². The molecule has 2 aromatic rings. The number of halogens is 1. The highest BCUT2D eigenvalue weighted by molar-refractivity contribution is 7.89. The average molecular weight is 355 g/mol. The Morgan fingerprint density at radius 1 is 1.17 bits per heavy atom. The normalized spacial score (nSPS) is 11.0. The summed E-state index contributed by atoms with van der Waals surface area (Å²) < 4.78 is 29.3. The fourth-order valence-corrected chi connectivity index (χ4v) is 3.11. The van der Waals surface area contributed by atoms with Crippen molar-refractivity contribution in [3.05, 3.63) is 59.1 Å². The van der Waals surface area contributed by atoms with Crippen LogP contribution in [0.3, 0.4) is 0 Å². The lowest BCUT2D eigenvalue weighted by Gasteiger charge is -2.10. The maximum Gasteiger partial charge on any atom is 0.272 e. The van der Waals surface area contributed by atoms with Crippen molar-refractivity contribution in [2.24, 2.45) is 0 Å². The summed E-state index contributed by atoms with van der Waals surface area (Å²) in [6, 6.07) is 13.1. The molecule has 2 N–H and O–H groups in total. The fourth-order valence-electron chi connectivity index (χ4n) is 1.73. The number of amides is 1. The summed E-state index contributed by atoms with van der Waals surface area (Å²) in [4.78, 5) is 13.5. The van der Waals surface area contributed by atoms with E-state index in [1.165, 1.54) is 18.2 Å². The van der Waals surface area contributed by atoms with E-state index in [0.717, 1.165) is 5.56 Å². The van der Waals surface area contributed by atoms with E-state index in [2.05, 4.69) is 5.43 Å². The van der Waals surface area contributed by atoms with E-state index in [4.69, 9.17) is 16.3 Å². The minimum Gasteiger partial charge on any atom is -0.484 e. The van der Waals surface area contributed by atoms with Crippen molar-refractivity contribution in [2.75, 3.05) is 6.61 Å². The third-order valence-corrected chi connectivity index (χ3v) is 4.56. The molecule has 23 heavy (non-hydrogen) atoms. The second-order valence-electron chi connectivity index (χ2n) is 4.69. The van der Waals surface area contributed by atoms with E-state index in [1.807, 2.05) is 17.8 Å².